The van der Waals surface area contributed by atoms with E-state index in [1.165, 1.54) is 0 Å². The number of carbonyl (C=O) groups excluding carboxylic acids is 1. The molecule has 1 saturated heterocycles. The summed E-state index contributed by atoms with van der Waals surface area (Å²) in [4.78, 5) is 27.3. The van der Waals surface area contributed by atoms with E-state index < -0.39 is 0 Å². The number of carbonyl (C=O) groups is 1. The van der Waals surface area contributed by atoms with Gasteiger partial charge in [0.2, 0.25) is 0 Å². The maximum absolute atomic E-state index is 12.7. The highest BCUT2D eigenvalue weighted by Gasteiger charge is 2.20. The third-order valence-electron chi connectivity index (χ3n) is 5.43. The van der Waals surface area contributed by atoms with E-state index in [0.29, 0.717) is 30.4 Å². The smallest absolute Gasteiger partial charge is 0.258 e. The summed E-state index contributed by atoms with van der Waals surface area (Å²) in [5.41, 5.74) is 3.08. The summed E-state index contributed by atoms with van der Waals surface area (Å²) in [7, 11) is 1.82. The average molecular weight is 417 g/mol. The fourth-order valence-corrected chi connectivity index (χ4v) is 3.77. The standard InChI is InChI=1S/C22H23N7O2/c1-14-13-31-10-9-29(14)20-8-7-15(12-23-20)22(30)26-19-11-18(28(2)27-19)21-24-16-5-3-4-6-17(16)25-21/h3-8,11-12,14H,9-10,13H2,1-2H3,(H,24,25)(H,26,27,30)/t14-/m0/s1. The molecule has 1 amide bonds. The molecule has 0 aliphatic carbocycles. The number of hydrogen-bond donors (Lipinski definition) is 2. The van der Waals surface area contributed by atoms with E-state index in [1.54, 1.807) is 23.0 Å². The van der Waals surface area contributed by atoms with Crippen LogP contribution in [-0.2, 0) is 11.8 Å². The first-order valence-electron chi connectivity index (χ1n) is 10.2. The van der Waals surface area contributed by atoms with Gasteiger partial charge in [-0.05, 0) is 31.2 Å². The zero-order valence-corrected chi connectivity index (χ0v) is 17.4. The normalized spacial score (nSPS) is 16.6. The molecular formula is C22H23N7O2. The van der Waals surface area contributed by atoms with Crippen molar-refractivity contribution in [3.63, 3.8) is 0 Å². The second-order valence-corrected chi connectivity index (χ2v) is 7.62. The summed E-state index contributed by atoms with van der Waals surface area (Å²) in [6.45, 7) is 4.25. The van der Waals surface area contributed by atoms with E-state index >= 15 is 0 Å². The van der Waals surface area contributed by atoms with E-state index in [1.807, 2.05) is 37.4 Å². The van der Waals surface area contributed by atoms with Crippen LogP contribution < -0.4 is 10.2 Å². The number of imidazole rings is 1. The summed E-state index contributed by atoms with van der Waals surface area (Å²) >= 11 is 0. The molecule has 4 heterocycles. The van der Waals surface area contributed by atoms with Gasteiger partial charge in [0.25, 0.3) is 5.91 Å². The van der Waals surface area contributed by atoms with Gasteiger partial charge < -0.3 is 19.9 Å². The van der Waals surface area contributed by atoms with Crippen molar-refractivity contribution < 1.29 is 9.53 Å². The molecule has 2 N–H and O–H groups in total. The fourth-order valence-electron chi connectivity index (χ4n) is 3.77. The average Bonchev–Trinajstić information content (AvgIpc) is 3.37. The Morgan fingerprint density at radius 1 is 1.26 bits per heavy atom. The van der Waals surface area contributed by atoms with Gasteiger partial charge in [-0.1, -0.05) is 12.1 Å². The number of nitrogens with zero attached hydrogens (tertiary/aromatic N) is 5. The van der Waals surface area contributed by atoms with Crippen LogP contribution >= 0.6 is 0 Å². The number of aromatic nitrogens is 5. The van der Waals surface area contributed by atoms with Crippen LogP contribution in [0.2, 0.25) is 0 Å². The molecule has 9 nitrogen and oxygen atoms in total. The lowest BCUT2D eigenvalue weighted by molar-refractivity contribution is 0.0984. The molecule has 158 valence electrons. The van der Waals surface area contributed by atoms with E-state index in [-0.39, 0.29) is 11.9 Å². The zero-order valence-electron chi connectivity index (χ0n) is 17.4. The van der Waals surface area contributed by atoms with Gasteiger partial charge in [0.15, 0.2) is 11.6 Å². The number of fused-ring (bicyclic) bond motifs is 1. The monoisotopic (exact) mass is 417 g/mol. The van der Waals surface area contributed by atoms with Gasteiger partial charge in [-0.25, -0.2) is 9.97 Å². The molecule has 4 aromatic rings. The van der Waals surface area contributed by atoms with E-state index in [2.05, 4.69) is 37.2 Å². The molecule has 1 aliphatic rings. The van der Waals surface area contributed by atoms with Crippen LogP contribution in [0.3, 0.4) is 0 Å². The maximum Gasteiger partial charge on any atom is 0.258 e. The van der Waals surface area contributed by atoms with Crippen molar-refractivity contribution in [3.8, 4) is 11.5 Å². The van der Waals surface area contributed by atoms with Crippen LogP contribution in [0.5, 0.6) is 0 Å². The van der Waals surface area contributed by atoms with Gasteiger partial charge in [0, 0.05) is 25.9 Å². The molecule has 0 bridgehead atoms. The van der Waals surface area contributed by atoms with Crippen molar-refractivity contribution in [1.29, 1.82) is 0 Å². The number of para-hydroxylation sites is 2. The van der Waals surface area contributed by atoms with E-state index in [0.717, 1.165) is 29.1 Å². The Kier molecular flexibility index (Phi) is 4.87. The molecule has 0 spiro atoms. The lowest BCUT2D eigenvalue weighted by atomic mass is 10.2. The minimum atomic E-state index is -0.261. The number of H-pyrrole nitrogens is 1. The third-order valence-corrected chi connectivity index (χ3v) is 5.43. The third kappa shape index (κ3) is 3.75. The van der Waals surface area contributed by atoms with Crippen molar-refractivity contribution in [1.82, 2.24) is 24.7 Å². The topological polar surface area (TPSA) is 101 Å². The Hall–Kier alpha value is -3.72. The molecule has 1 aromatic carbocycles. The maximum atomic E-state index is 12.7. The number of amides is 1. The summed E-state index contributed by atoms with van der Waals surface area (Å²) < 4.78 is 7.16. The number of aryl methyl sites for hydroxylation is 1. The van der Waals surface area contributed by atoms with Crippen LogP contribution in [-0.4, -0.2) is 56.4 Å². The summed E-state index contributed by atoms with van der Waals surface area (Å²) in [5.74, 6) is 1.73. The second-order valence-electron chi connectivity index (χ2n) is 7.62. The molecule has 5 rings (SSSR count). The van der Waals surface area contributed by atoms with Crippen molar-refractivity contribution in [2.75, 3.05) is 30.0 Å². The Morgan fingerprint density at radius 3 is 2.90 bits per heavy atom. The zero-order chi connectivity index (χ0) is 21.4. The first-order valence-corrected chi connectivity index (χ1v) is 10.2. The Bertz CT molecular complexity index is 1200. The molecule has 31 heavy (non-hydrogen) atoms. The lowest BCUT2D eigenvalue weighted by Gasteiger charge is -2.34. The predicted molar refractivity (Wildman–Crippen MR) is 118 cm³/mol. The van der Waals surface area contributed by atoms with E-state index in [9.17, 15) is 4.79 Å². The van der Waals surface area contributed by atoms with Crippen molar-refractivity contribution >= 4 is 28.6 Å². The van der Waals surface area contributed by atoms with Gasteiger partial charge in [-0.15, -0.1) is 0 Å². The van der Waals surface area contributed by atoms with Crippen molar-refractivity contribution in [2.45, 2.75) is 13.0 Å². The number of morpholine rings is 1. The van der Waals surface area contributed by atoms with Crippen LogP contribution in [0.15, 0.2) is 48.7 Å². The molecule has 1 atom stereocenters. The van der Waals surface area contributed by atoms with E-state index in [4.69, 9.17) is 4.74 Å². The number of nitrogens with one attached hydrogen (secondary N) is 2. The highest BCUT2D eigenvalue weighted by Crippen LogP contribution is 2.23. The molecule has 0 saturated carbocycles. The minimum Gasteiger partial charge on any atom is -0.377 e. The fraction of sp³-hybridized carbons (Fsp3) is 0.273. The van der Waals surface area contributed by atoms with Crippen LogP contribution in [0, 0.1) is 0 Å². The second kappa shape index (κ2) is 7.84. The molecule has 1 aliphatic heterocycles. The number of aromatic amines is 1. The predicted octanol–water partition coefficient (Wildman–Crippen LogP) is 2.84. The van der Waals surface area contributed by atoms with Gasteiger partial charge in [0.1, 0.15) is 11.5 Å². The number of hydrogen-bond acceptors (Lipinski definition) is 6. The summed E-state index contributed by atoms with van der Waals surface area (Å²) in [5, 5.41) is 7.25. The van der Waals surface area contributed by atoms with Gasteiger partial charge in [0.05, 0.1) is 35.9 Å². The number of anilines is 2. The number of ether oxygens (including phenoxy) is 1. The van der Waals surface area contributed by atoms with Crippen LogP contribution in [0.1, 0.15) is 17.3 Å². The highest BCUT2D eigenvalue weighted by atomic mass is 16.5. The molecule has 0 unspecified atom stereocenters. The van der Waals surface area contributed by atoms with Gasteiger partial charge >= 0.3 is 0 Å². The molecular weight excluding hydrogens is 394 g/mol. The number of rotatable bonds is 4. The van der Waals surface area contributed by atoms with Crippen molar-refractivity contribution in [2.24, 2.45) is 7.05 Å². The molecule has 1 fully saturated rings. The van der Waals surface area contributed by atoms with Gasteiger partial charge in [-0.2, -0.15) is 5.10 Å². The van der Waals surface area contributed by atoms with Gasteiger partial charge in [-0.3, -0.25) is 9.48 Å². The first-order chi connectivity index (χ1) is 15.1. The van der Waals surface area contributed by atoms with Crippen LogP contribution in [0.4, 0.5) is 11.6 Å². The van der Waals surface area contributed by atoms with Crippen molar-refractivity contribution in [3.05, 3.63) is 54.2 Å². The Morgan fingerprint density at radius 2 is 2.13 bits per heavy atom. The Balaban J connectivity index is 1.32. The quantitative estimate of drug-likeness (QED) is 0.530. The summed E-state index contributed by atoms with van der Waals surface area (Å²) in [6.07, 6.45) is 1.59. The Labute approximate surface area is 179 Å². The summed E-state index contributed by atoms with van der Waals surface area (Å²) in [6, 6.07) is 13.5. The molecule has 9 heteroatoms. The minimum absolute atomic E-state index is 0.256. The SMILES string of the molecule is C[C@H]1COCCN1c1ccc(C(=O)Nc2cc(-c3nc4ccccc4[nH]3)n(C)n2)cn1. The number of benzene rings is 1. The number of pyridine rings is 1. The van der Waals surface area contributed by atoms with Crippen LogP contribution in [0.25, 0.3) is 22.6 Å². The highest BCUT2D eigenvalue weighted by molar-refractivity contribution is 6.03. The molecule has 0 radical (unpaired) electrons. The molecule has 3 aromatic heterocycles. The lowest BCUT2D eigenvalue weighted by Crippen LogP contribution is -2.44. The first kappa shape index (κ1) is 19.3. The largest absolute Gasteiger partial charge is 0.377 e.